The number of aliphatic hydroxyl groups excluding tert-OH is 1. The molecule has 1 heterocycles. The van der Waals surface area contributed by atoms with E-state index in [9.17, 15) is 8.42 Å². The van der Waals surface area contributed by atoms with Crippen LogP contribution in [-0.2, 0) is 23.7 Å². The van der Waals surface area contributed by atoms with Crippen molar-refractivity contribution < 1.29 is 13.5 Å². The number of nitrogens with zero attached hydrogens (tertiary/aromatic N) is 1. The Hall–Kier alpha value is -0.850. The zero-order valence-electron chi connectivity index (χ0n) is 12.2. The minimum atomic E-state index is -3.48. The molecular formula is C14H24N2O3S. The van der Waals surface area contributed by atoms with Gasteiger partial charge >= 0.3 is 0 Å². The fraction of sp³-hybridized carbons (Fsp3) is 0.714. The molecule has 1 aliphatic carbocycles. The summed E-state index contributed by atoms with van der Waals surface area (Å²) in [5.41, 5.74) is 0.594. The van der Waals surface area contributed by atoms with E-state index in [2.05, 4.69) is 11.6 Å². The van der Waals surface area contributed by atoms with Crippen LogP contribution in [0.15, 0.2) is 17.2 Å². The molecule has 1 aromatic heterocycles. The molecule has 0 spiro atoms. The van der Waals surface area contributed by atoms with Gasteiger partial charge in [0.2, 0.25) is 10.0 Å². The van der Waals surface area contributed by atoms with Crippen molar-refractivity contribution in [2.45, 2.75) is 44.1 Å². The zero-order valence-corrected chi connectivity index (χ0v) is 13.0. The van der Waals surface area contributed by atoms with Gasteiger partial charge in [-0.2, -0.15) is 0 Å². The molecule has 20 heavy (non-hydrogen) atoms. The van der Waals surface area contributed by atoms with Gasteiger partial charge in [0.15, 0.2) is 0 Å². The first-order valence-corrected chi connectivity index (χ1v) is 8.68. The second-order valence-corrected chi connectivity index (χ2v) is 7.58. The van der Waals surface area contributed by atoms with Crippen LogP contribution in [0, 0.1) is 11.8 Å². The van der Waals surface area contributed by atoms with Crippen LogP contribution in [0.25, 0.3) is 0 Å². The minimum absolute atomic E-state index is 0.161. The lowest BCUT2D eigenvalue weighted by molar-refractivity contribution is 0.257. The highest BCUT2D eigenvalue weighted by Crippen LogP contribution is 2.29. The Morgan fingerprint density at radius 3 is 2.70 bits per heavy atom. The van der Waals surface area contributed by atoms with Crippen molar-refractivity contribution in [1.82, 2.24) is 9.29 Å². The van der Waals surface area contributed by atoms with Gasteiger partial charge in [-0.1, -0.05) is 26.2 Å². The molecular weight excluding hydrogens is 276 g/mol. The van der Waals surface area contributed by atoms with Gasteiger partial charge < -0.3 is 9.67 Å². The van der Waals surface area contributed by atoms with E-state index in [1.165, 1.54) is 31.5 Å². The van der Waals surface area contributed by atoms with E-state index in [1.807, 2.05) is 0 Å². The molecule has 1 aliphatic rings. The first-order valence-electron chi connectivity index (χ1n) is 7.20. The van der Waals surface area contributed by atoms with Crippen LogP contribution >= 0.6 is 0 Å². The predicted molar refractivity (Wildman–Crippen MR) is 77.6 cm³/mol. The molecule has 2 rings (SSSR count). The predicted octanol–water partition coefficient (Wildman–Crippen LogP) is 1.62. The molecule has 1 saturated carbocycles. The monoisotopic (exact) mass is 300 g/mol. The number of hydrogen-bond donors (Lipinski definition) is 2. The van der Waals surface area contributed by atoms with E-state index in [-0.39, 0.29) is 11.5 Å². The van der Waals surface area contributed by atoms with E-state index in [1.54, 1.807) is 11.6 Å². The maximum Gasteiger partial charge on any atom is 0.242 e. The molecule has 1 fully saturated rings. The quantitative estimate of drug-likeness (QED) is 0.868. The lowest BCUT2D eigenvalue weighted by Gasteiger charge is -2.28. The van der Waals surface area contributed by atoms with Gasteiger partial charge in [-0.05, 0) is 24.3 Å². The number of hydrogen-bond acceptors (Lipinski definition) is 3. The topological polar surface area (TPSA) is 71.3 Å². The molecule has 1 aromatic rings. The van der Waals surface area contributed by atoms with Crippen molar-refractivity contribution >= 4 is 10.0 Å². The molecule has 2 N–H and O–H groups in total. The third-order valence-corrected chi connectivity index (χ3v) is 5.77. The van der Waals surface area contributed by atoms with E-state index < -0.39 is 10.0 Å². The lowest BCUT2D eigenvalue weighted by Crippen LogP contribution is -2.33. The molecule has 0 radical (unpaired) electrons. The Bertz CT molecular complexity index is 551. The zero-order chi connectivity index (χ0) is 14.8. The van der Waals surface area contributed by atoms with Crippen molar-refractivity contribution in [3.05, 3.63) is 18.0 Å². The summed E-state index contributed by atoms with van der Waals surface area (Å²) in [5, 5.41) is 9.13. The molecule has 0 amide bonds. The molecule has 0 saturated heterocycles. The number of aliphatic hydroxyl groups is 1. The van der Waals surface area contributed by atoms with Gasteiger partial charge in [0.25, 0.3) is 0 Å². The summed E-state index contributed by atoms with van der Waals surface area (Å²) in [5.74, 6) is 1.01. The third kappa shape index (κ3) is 3.42. The van der Waals surface area contributed by atoms with Gasteiger partial charge in [-0.3, -0.25) is 0 Å². The van der Waals surface area contributed by atoms with Crippen LogP contribution in [0.2, 0.25) is 0 Å². The van der Waals surface area contributed by atoms with Crippen molar-refractivity contribution in [3.63, 3.8) is 0 Å². The maximum absolute atomic E-state index is 12.3. The van der Waals surface area contributed by atoms with Crippen molar-refractivity contribution in [1.29, 1.82) is 0 Å². The average molecular weight is 300 g/mol. The highest BCUT2D eigenvalue weighted by atomic mass is 32.2. The van der Waals surface area contributed by atoms with Crippen molar-refractivity contribution in [2.24, 2.45) is 18.9 Å². The summed E-state index contributed by atoms with van der Waals surface area (Å²) in [6.45, 7) is 2.54. The second kappa shape index (κ2) is 6.28. The average Bonchev–Trinajstić information content (AvgIpc) is 2.80. The van der Waals surface area contributed by atoms with Crippen LogP contribution in [0.5, 0.6) is 0 Å². The Kier molecular flexibility index (Phi) is 4.88. The van der Waals surface area contributed by atoms with Crippen molar-refractivity contribution in [2.75, 3.05) is 6.54 Å². The normalized spacial score (nSPS) is 23.9. The number of nitrogens with one attached hydrogen (secondary N) is 1. The van der Waals surface area contributed by atoms with E-state index >= 15 is 0 Å². The summed E-state index contributed by atoms with van der Waals surface area (Å²) in [6, 6.07) is 1.52. The maximum atomic E-state index is 12.3. The minimum Gasteiger partial charge on any atom is -0.390 e. The van der Waals surface area contributed by atoms with Crippen LogP contribution in [0.4, 0.5) is 0 Å². The van der Waals surface area contributed by atoms with Crippen LogP contribution in [-0.4, -0.2) is 24.6 Å². The van der Waals surface area contributed by atoms with E-state index in [0.29, 0.717) is 24.1 Å². The smallest absolute Gasteiger partial charge is 0.242 e. The van der Waals surface area contributed by atoms with Crippen LogP contribution in [0.3, 0.4) is 0 Å². The fourth-order valence-corrected chi connectivity index (χ4v) is 4.07. The summed E-state index contributed by atoms with van der Waals surface area (Å²) in [7, 11) is -1.75. The Labute approximate surface area is 121 Å². The van der Waals surface area contributed by atoms with Gasteiger partial charge in [0, 0.05) is 25.5 Å². The summed E-state index contributed by atoms with van der Waals surface area (Å²) < 4.78 is 28.9. The molecule has 0 aliphatic heterocycles. The first-order chi connectivity index (χ1) is 9.44. The van der Waals surface area contributed by atoms with Crippen LogP contribution < -0.4 is 4.72 Å². The number of sulfonamides is 1. The molecule has 0 bridgehead atoms. The largest absolute Gasteiger partial charge is 0.390 e. The van der Waals surface area contributed by atoms with Crippen LogP contribution in [0.1, 0.15) is 38.3 Å². The summed E-state index contributed by atoms with van der Waals surface area (Å²) in [4.78, 5) is 0.229. The molecule has 2 atom stereocenters. The Morgan fingerprint density at radius 2 is 2.10 bits per heavy atom. The van der Waals surface area contributed by atoms with Gasteiger partial charge in [0.1, 0.15) is 0 Å². The highest BCUT2D eigenvalue weighted by Gasteiger charge is 2.24. The SMILES string of the molecule is CC1CCCCC1CNS(=O)(=O)c1cc(CO)n(C)c1. The standard InChI is InChI=1S/C14H24N2O3S/c1-11-5-3-4-6-12(11)8-15-20(18,19)14-7-13(10-17)16(2)9-14/h7,9,11-12,15,17H,3-6,8,10H2,1-2H3. The molecule has 6 heteroatoms. The number of aromatic nitrogens is 1. The summed E-state index contributed by atoms with van der Waals surface area (Å²) in [6.07, 6.45) is 6.27. The molecule has 114 valence electrons. The number of rotatable bonds is 5. The Morgan fingerprint density at radius 1 is 1.40 bits per heavy atom. The molecule has 0 aromatic carbocycles. The van der Waals surface area contributed by atoms with Gasteiger partial charge in [-0.25, -0.2) is 13.1 Å². The van der Waals surface area contributed by atoms with Crippen molar-refractivity contribution in [3.8, 4) is 0 Å². The van der Waals surface area contributed by atoms with Gasteiger partial charge in [-0.15, -0.1) is 0 Å². The first kappa shape index (κ1) is 15.5. The molecule has 2 unspecified atom stereocenters. The van der Waals surface area contributed by atoms with E-state index in [0.717, 1.165) is 6.42 Å². The number of aryl methyl sites for hydroxylation is 1. The lowest BCUT2D eigenvalue weighted by atomic mass is 9.81. The van der Waals surface area contributed by atoms with E-state index in [4.69, 9.17) is 5.11 Å². The van der Waals surface area contributed by atoms with Gasteiger partial charge in [0.05, 0.1) is 11.5 Å². The molecule has 5 nitrogen and oxygen atoms in total. The highest BCUT2D eigenvalue weighted by molar-refractivity contribution is 7.89. The fourth-order valence-electron chi connectivity index (χ4n) is 2.88. The second-order valence-electron chi connectivity index (χ2n) is 5.81. The summed E-state index contributed by atoms with van der Waals surface area (Å²) >= 11 is 0. The third-order valence-electron chi connectivity index (χ3n) is 4.38. The Balaban J connectivity index is 2.03.